The Morgan fingerprint density at radius 1 is 1.44 bits per heavy atom. The van der Waals surface area contributed by atoms with Crippen LogP contribution in [-0.4, -0.2) is 32.5 Å². The molecule has 1 saturated carbocycles. The number of aliphatic carboxylic acids is 1. The average Bonchev–Trinajstić information content (AvgIpc) is 2.72. The Morgan fingerprint density at radius 2 is 2.19 bits per heavy atom. The third-order valence-corrected chi connectivity index (χ3v) is 3.82. The van der Waals surface area contributed by atoms with Gasteiger partial charge in [-0.2, -0.15) is 5.10 Å². The summed E-state index contributed by atoms with van der Waals surface area (Å²) in [6.45, 7) is 0. The molecule has 1 heterocycles. The van der Waals surface area contributed by atoms with Crippen molar-refractivity contribution in [2.45, 2.75) is 43.6 Å². The van der Waals surface area contributed by atoms with Crippen molar-refractivity contribution in [2.75, 3.05) is 0 Å². The summed E-state index contributed by atoms with van der Waals surface area (Å²) in [6, 6.07) is 0. The first-order valence-electron chi connectivity index (χ1n) is 5.62. The second-order valence-electron chi connectivity index (χ2n) is 4.78. The monoisotopic (exact) mass is 222 g/mol. The summed E-state index contributed by atoms with van der Waals surface area (Å²) in [5.74, 6) is -1.15. The smallest absolute Gasteiger partial charge is 0.333 e. The molecule has 86 valence electrons. The van der Waals surface area contributed by atoms with Gasteiger partial charge in [-0.25, -0.2) is 4.79 Å². The molecule has 0 radical (unpaired) electrons. The molecule has 0 aromatic carbocycles. The van der Waals surface area contributed by atoms with E-state index in [2.05, 4.69) is 10.2 Å². The Hall–Kier alpha value is -1.36. The number of aliphatic hydroxyl groups excluding tert-OH is 1. The number of nitrogens with zero attached hydrogens (tertiary/aromatic N) is 1. The molecule has 0 saturated heterocycles. The molecule has 1 atom stereocenters. The topological polar surface area (TPSA) is 86.2 Å². The number of carboxylic acids is 1. The average molecular weight is 222 g/mol. The van der Waals surface area contributed by atoms with E-state index >= 15 is 0 Å². The fourth-order valence-corrected chi connectivity index (χ4v) is 2.74. The maximum atomic E-state index is 10.9. The van der Waals surface area contributed by atoms with Crippen LogP contribution in [0.2, 0.25) is 0 Å². The van der Waals surface area contributed by atoms with Crippen molar-refractivity contribution in [1.82, 2.24) is 10.2 Å². The number of nitrogens with one attached hydrogen (secondary N) is 1. The van der Waals surface area contributed by atoms with Crippen LogP contribution >= 0.6 is 0 Å². The summed E-state index contributed by atoms with van der Waals surface area (Å²) < 4.78 is 0. The van der Waals surface area contributed by atoms with Crippen molar-refractivity contribution >= 4 is 5.97 Å². The fraction of sp³-hybridized carbons (Fsp3) is 0.636. The van der Waals surface area contributed by atoms with Gasteiger partial charge >= 0.3 is 5.97 Å². The van der Waals surface area contributed by atoms with Crippen LogP contribution in [0.5, 0.6) is 0 Å². The molecule has 0 bridgehead atoms. The third-order valence-electron chi connectivity index (χ3n) is 3.82. The van der Waals surface area contributed by atoms with E-state index in [4.69, 9.17) is 5.11 Å². The van der Waals surface area contributed by atoms with E-state index in [-0.39, 0.29) is 0 Å². The normalized spacial score (nSPS) is 22.8. The maximum absolute atomic E-state index is 10.9. The van der Waals surface area contributed by atoms with Gasteiger partial charge in [-0.3, -0.25) is 5.10 Å². The molecular formula is C11H14N2O3. The first-order valence-corrected chi connectivity index (χ1v) is 5.62. The molecule has 3 rings (SSSR count). The van der Waals surface area contributed by atoms with Crippen molar-refractivity contribution in [3.63, 3.8) is 0 Å². The standard InChI is InChI=1S/C11H14N2O3/c14-9(10(15)16)11(4-5-11)8-6-2-1-3-7(6)12-13-8/h9,14H,1-5H2,(H,12,13)(H,15,16). The van der Waals surface area contributed by atoms with Crippen molar-refractivity contribution in [3.8, 4) is 0 Å². The Kier molecular flexibility index (Phi) is 1.89. The van der Waals surface area contributed by atoms with Crippen LogP contribution in [0, 0.1) is 0 Å². The summed E-state index contributed by atoms with van der Waals surface area (Å²) >= 11 is 0. The summed E-state index contributed by atoms with van der Waals surface area (Å²) in [5, 5.41) is 25.9. The van der Waals surface area contributed by atoms with Gasteiger partial charge in [0, 0.05) is 5.69 Å². The lowest BCUT2D eigenvalue weighted by molar-refractivity contribution is -0.148. The highest BCUT2D eigenvalue weighted by Crippen LogP contribution is 2.52. The molecule has 1 aromatic rings. The lowest BCUT2D eigenvalue weighted by Gasteiger charge is -2.17. The first kappa shape index (κ1) is 9.84. The Morgan fingerprint density at radius 3 is 2.81 bits per heavy atom. The molecule has 2 aliphatic rings. The zero-order valence-electron chi connectivity index (χ0n) is 8.86. The van der Waals surface area contributed by atoms with Crippen LogP contribution in [0.15, 0.2) is 0 Å². The van der Waals surface area contributed by atoms with E-state index in [9.17, 15) is 9.90 Å². The number of fused-ring (bicyclic) bond motifs is 1. The van der Waals surface area contributed by atoms with Gasteiger partial charge in [0.05, 0.1) is 11.1 Å². The number of carboxylic acid groups (broad SMARTS) is 1. The van der Waals surface area contributed by atoms with Gasteiger partial charge in [-0.15, -0.1) is 0 Å². The number of hydrogen-bond donors (Lipinski definition) is 3. The van der Waals surface area contributed by atoms with Gasteiger partial charge in [-0.05, 0) is 37.7 Å². The molecule has 5 nitrogen and oxygen atoms in total. The van der Waals surface area contributed by atoms with E-state index < -0.39 is 17.5 Å². The summed E-state index contributed by atoms with van der Waals surface area (Å²) in [5.41, 5.74) is 2.46. The van der Waals surface area contributed by atoms with E-state index in [1.165, 1.54) is 0 Å². The number of aryl methyl sites for hydroxylation is 1. The van der Waals surface area contributed by atoms with Crippen LogP contribution < -0.4 is 0 Å². The zero-order chi connectivity index (χ0) is 11.3. The lowest BCUT2D eigenvalue weighted by atomic mass is 9.91. The predicted molar refractivity (Wildman–Crippen MR) is 55.2 cm³/mol. The molecule has 1 aromatic heterocycles. The molecule has 0 amide bonds. The largest absolute Gasteiger partial charge is 0.479 e. The predicted octanol–water partition coefficient (Wildman–Crippen LogP) is 0.375. The first-order chi connectivity index (χ1) is 7.65. The summed E-state index contributed by atoms with van der Waals surface area (Å²) in [4.78, 5) is 10.9. The van der Waals surface area contributed by atoms with E-state index in [1.807, 2.05) is 0 Å². The number of hydrogen-bond acceptors (Lipinski definition) is 3. The van der Waals surface area contributed by atoms with Crippen LogP contribution in [-0.2, 0) is 23.1 Å². The van der Waals surface area contributed by atoms with E-state index in [0.717, 1.165) is 49.1 Å². The lowest BCUT2D eigenvalue weighted by Crippen LogP contribution is -2.34. The van der Waals surface area contributed by atoms with Crippen LogP contribution in [0.4, 0.5) is 0 Å². The van der Waals surface area contributed by atoms with Crippen molar-refractivity contribution in [2.24, 2.45) is 0 Å². The molecule has 3 N–H and O–H groups in total. The van der Waals surface area contributed by atoms with Gasteiger partial charge < -0.3 is 10.2 Å². The number of carbonyl (C=O) groups is 1. The SMILES string of the molecule is O=C(O)C(O)C1(c2n[nH]c3c2CCC3)CC1. The van der Waals surface area contributed by atoms with E-state index in [0.29, 0.717) is 0 Å². The molecule has 16 heavy (non-hydrogen) atoms. The molecule has 1 fully saturated rings. The number of H-pyrrole nitrogens is 1. The zero-order valence-corrected chi connectivity index (χ0v) is 8.86. The fourth-order valence-electron chi connectivity index (χ4n) is 2.74. The minimum atomic E-state index is -1.32. The molecule has 0 spiro atoms. The van der Waals surface area contributed by atoms with Crippen LogP contribution in [0.3, 0.4) is 0 Å². The van der Waals surface area contributed by atoms with E-state index in [1.54, 1.807) is 0 Å². The quantitative estimate of drug-likeness (QED) is 0.690. The molecule has 2 aliphatic carbocycles. The van der Waals surface area contributed by atoms with Crippen molar-refractivity contribution in [1.29, 1.82) is 0 Å². The van der Waals surface area contributed by atoms with Crippen molar-refractivity contribution < 1.29 is 15.0 Å². The number of aromatic amines is 1. The highest BCUT2D eigenvalue weighted by atomic mass is 16.4. The molecule has 1 unspecified atom stereocenters. The maximum Gasteiger partial charge on any atom is 0.333 e. The van der Waals surface area contributed by atoms with Gasteiger partial charge in [0.1, 0.15) is 0 Å². The second-order valence-corrected chi connectivity index (χ2v) is 4.78. The number of aromatic nitrogens is 2. The van der Waals surface area contributed by atoms with Crippen LogP contribution in [0.1, 0.15) is 36.2 Å². The molecular weight excluding hydrogens is 208 g/mol. The molecule has 0 aliphatic heterocycles. The van der Waals surface area contributed by atoms with Crippen molar-refractivity contribution in [3.05, 3.63) is 17.0 Å². The summed E-state index contributed by atoms with van der Waals surface area (Å²) in [6.07, 6.45) is 3.16. The van der Waals surface area contributed by atoms with Gasteiger partial charge in [0.15, 0.2) is 6.10 Å². The summed E-state index contributed by atoms with van der Waals surface area (Å²) in [7, 11) is 0. The number of rotatable bonds is 3. The van der Waals surface area contributed by atoms with Gasteiger partial charge in [0.2, 0.25) is 0 Å². The third kappa shape index (κ3) is 1.15. The molecule has 5 heteroatoms. The minimum Gasteiger partial charge on any atom is -0.479 e. The Labute approximate surface area is 92.5 Å². The Bertz CT molecular complexity index is 448. The highest BCUT2D eigenvalue weighted by molar-refractivity contribution is 5.75. The number of aliphatic hydroxyl groups is 1. The second kappa shape index (κ2) is 3.07. The van der Waals surface area contributed by atoms with Gasteiger partial charge in [-0.1, -0.05) is 0 Å². The highest BCUT2D eigenvalue weighted by Gasteiger charge is 2.56. The van der Waals surface area contributed by atoms with Crippen LogP contribution in [0.25, 0.3) is 0 Å². The Balaban J connectivity index is 2.00. The minimum absolute atomic E-state index is 0.611. The van der Waals surface area contributed by atoms with Gasteiger partial charge in [0.25, 0.3) is 0 Å².